The minimum atomic E-state index is -1.27. The monoisotopic (exact) mass is 635 g/mol. The number of aliphatic hydroxyl groups is 2. The molecule has 0 rings (SSSR count). The predicted octanol–water partition coefficient (Wildman–Crippen LogP) is 12.1. The molecule has 45 heavy (non-hydrogen) atoms. The van der Waals surface area contributed by atoms with Crippen LogP contribution in [0.1, 0.15) is 207 Å². The van der Waals surface area contributed by atoms with Crippen LogP contribution in [0.3, 0.4) is 0 Å². The van der Waals surface area contributed by atoms with Gasteiger partial charge in [0.05, 0.1) is 6.61 Å². The Morgan fingerprint density at radius 3 is 1.24 bits per heavy atom. The van der Waals surface area contributed by atoms with E-state index in [0.29, 0.717) is 13.0 Å². The van der Waals surface area contributed by atoms with E-state index >= 15 is 0 Å². The van der Waals surface area contributed by atoms with Crippen LogP contribution in [-0.2, 0) is 9.53 Å². The lowest BCUT2D eigenvalue weighted by molar-refractivity contribution is -0.168. The maximum atomic E-state index is 12.7. The number of allylic oxidation sites excluding steroid dienone is 4. The van der Waals surface area contributed by atoms with Crippen molar-refractivity contribution in [2.45, 2.75) is 219 Å². The average Bonchev–Trinajstić information content (AvgIpc) is 3.04. The van der Waals surface area contributed by atoms with E-state index in [0.717, 1.165) is 32.1 Å². The zero-order valence-corrected chi connectivity index (χ0v) is 30.5. The summed E-state index contributed by atoms with van der Waals surface area (Å²) in [7, 11) is 0. The second-order valence-electron chi connectivity index (χ2n) is 13.6. The van der Waals surface area contributed by atoms with Gasteiger partial charge in [-0.1, -0.05) is 160 Å². The Kier molecular flexibility index (Phi) is 33.6. The largest absolute Gasteiger partial charge is 0.394 e. The summed E-state index contributed by atoms with van der Waals surface area (Å²) >= 11 is 0. The molecule has 0 heterocycles. The van der Waals surface area contributed by atoms with Gasteiger partial charge in [-0.15, -0.1) is 0 Å². The van der Waals surface area contributed by atoms with Crippen molar-refractivity contribution in [3.63, 3.8) is 0 Å². The molecule has 2 unspecified atom stereocenters. The number of ketones is 1. The summed E-state index contributed by atoms with van der Waals surface area (Å²) in [4.78, 5) is 12.7. The number of hydrogen-bond donors (Lipinski definition) is 2. The van der Waals surface area contributed by atoms with Crippen LogP contribution < -0.4 is 0 Å². The van der Waals surface area contributed by atoms with Gasteiger partial charge < -0.3 is 14.9 Å². The lowest BCUT2D eigenvalue weighted by atomic mass is 9.86. The van der Waals surface area contributed by atoms with E-state index in [9.17, 15) is 15.0 Å². The van der Waals surface area contributed by atoms with Gasteiger partial charge in [0.25, 0.3) is 0 Å². The molecular formula is C41H78O4. The molecule has 0 aliphatic carbocycles. The first-order valence-corrected chi connectivity index (χ1v) is 19.8. The molecule has 0 aromatic heterocycles. The summed E-state index contributed by atoms with van der Waals surface area (Å²) in [6.07, 6.45) is 43.6. The Hall–Kier alpha value is -0.970. The first-order chi connectivity index (χ1) is 22.0. The highest BCUT2D eigenvalue weighted by atomic mass is 16.5. The van der Waals surface area contributed by atoms with Crippen molar-refractivity contribution in [1.82, 2.24) is 0 Å². The number of hydrogen-bond acceptors (Lipinski definition) is 4. The van der Waals surface area contributed by atoms with Crippen molar-refractivity contribution in [1.29, 1.82) is 0 Å². The van der Waals surface area contributed by atoms with Crippen LogP contribution in [0.25, 0.3) is 0 Å². The smallest absolute Gasteiger partial charge is 0.164 e. The average molecular weight is 635 g/mol. The number of carbonyl (C=O) groups is 1. The third-order valence-electron chi connectivity index (χ3n) is 9.38. The normalized spacial score (nSPS) is 14.1. The molecule has 0 aliphatic rings. The summed E-state index contributed by atoms with van der Waals surface area (Å²) in [6.45, 7) is 6.05. The van der Waals surface area contributed by atoms with Gasteiger partial charge in [-0.3, -0.25) is 4.79 Å². The summed E-state index contributed by atoms with van der Waals surface area (Å²) in [5.41, 5.74) is -1.27. The van der Waals surface area contributed by atoms with E-state index in [2.05, 4.69) is 38.2 Å². The second kappa shape index (κ2) is 34.4. The number of aliphatic hydroxyl groups excluding tert-OH is 2. The summed E-state index contributed by atoms with van der Waals surface area (Å²) in [6, 6.07) is 0. The third-order valence-corrected chi connectivity index (χ3v) is 9.38. The molecule has 0 amide bonds. The van der Waals surface area contributed by atoms with Crippen molar-refractivity contribution < 1.29 is 19.7 Å². The Morgan fingerprint density at radius 2 is 0.889 bits per heavy atom. The molecule has 0 bridgehead atoms. The van der Waals surface area contributed by atoms with Crippen LogP contribution in [0.15, 0.2) is 24.3 Å². The Bertz CT molecular complexity index is 672. The van der Waals surface area contributed by atoms with E-state index in [-0.39, 0.29) is 5.78 Å². The van der Waals surface area contributed by atoms with Crippen LogP contribution in [0.5, 0.6) is 0 Å². The molecule has 0 spiro atoms. The van der Waals surface area contributed by atoms with Crippen molar-refractivity contribution in [3.8, 4) is 0 Å². The fourth-order valence-corrected chi connectivity index (χ4v) is 6.23. The molecule has 4 nitrogen and oxygen atoms in total. The van der Waals surface area contributed by atoms with Gasteiger partial charge in [0, 0.05) is 6.61 Å². The molecular weight excluding hydrogens is 556 g/mol. The van der Waals surface area contributed by atoms with Gasteiger partial charge in [0.2, 0.25) is 0 Å². The van der Waals surface area contributed by atoms with Crippen molar-refractivity contribution in [2.24, 2.45) is 0 Å². The number of rotatable bonds is 36. The Morgan fingerprint density at radius 1 is 0.556 bits per heavy atom. The number of ether oxygens (including phenoxy) is 1. The van der Waals surface area contributed by atoms with Gasteiger partial charge in [0.1, 0.15) is 6.10 Å². The van der Waals surface area contributed by atoms with Gasteiger partial charge >= 0.3 is 0 Å². The fraction of sp³-hybridized carbons (Fsp3) is 0.878. The molecule has 0 radical (unpaired) electrons. The Labute approximate surface area is 281 Å². The minimum absolute atomic E-state index is 0.165. The highest BCUT2D eigenvalue weighted by molar-refractivity contribution is 5.85. The predicted molar refractivity (Wildman–Crippen MR) is 196 cm³/mol. The van der Waals surface area contributed by atoms with E-state index in [1.54, 1.807) is 0 Å². The van der Waals surface area contributed by atoms with Crippen LogP contribution in [0.2, 0.25) is 0 Å². The van der Waals surface area contributed by atoms with Crippen molar-refractivity contribution >= 4 is 5.78 Å². The molecule has 0 aliphatic heterocycles. The summed E-state index contributed by atoms with van der Waals surface area (Å²) < 4.78 is 6.11. The number of carbonyl (C=O) groups excluding carboxylic acids is 1. The fourth-order valence-electron chi connectivity index (χ4n) is 6.23. The van der Waals surface area contributed by atoms with Crippen molar-refractivity contribution in [2.75, 3.05) is 13.2 Å². The maximum absolute atomic E-state index is 12.7. The number of unbranched alkanes of at least 4 members (excludes halogenated alkanes) is 24. The highest BCUT2D eigenvalue weighted by Crippen LogP contribution is 2.27. The lowest BCUT2D eigenvalue weighted by Crippen LogP contribution is -2.52. The van der Waals surface area contributed by atoms with Gasteiger partial charge in [-0.05, 0) is 71.1 Å². The molecule has 2 atom stereocenters. The molecule has 0 fully saturated rings. The van der Waals surface area contributed by atoms with E-state index in [1.807, 2.05) is 0 Å². The molecule has 0 aromatic carbocycles. The zero-order valence-electron chi connectivity index (χ0n) is 30.5. The van der Waals surface area contributed by atoms with Crippen LogP contribution in [0.4, 0.5) is 0 Å². The van der Waals surface area contributed by atoms with Crippen LogP contribution >= 0.6 is 0 Å². The molecule has 0 saturated heterocycles. The molecule has 266 valence electrons. The molecule has 0 saturated carbocycles. The maximum Gasteiger partial charge on any atom is 0.164 e. The van der Waals surface area contributed by atoms with E-state index < -0.39 is 18.3 Å². The van der Waals surface area contributed by atoms with Gasteiger partial charge in [-0.2, -0.15) is 0 Å². The first kappa shape index (κ1) is 44.0. The number of Topliss-reactive ketones (excluding diaryl/α,β-unsaturated/α-hetero) is 1. The molecule has 4 heteroatoms. The summed E-state index contributed by atoms with van der Waals surface area (Å²) in [5.74, 6) is -0.165. The minimum Gasteiger partial charge on any atom is -0.394 e. The highest BCUT2D eigenvalue weighted by Gasteiger charge is 2.42. The van der Waals surface area contributed by atoms with Crippen molar-refractivity contribution in [3.05, 3.63) is 24.3 Å². The molecule has 2 N–H and O–H groups in total. The summed E-state index contributed by atoms with van der Waals surface area (Å²) in [5, 5.41) is 20.3. The van der Waals surface area contributed by atoms with Crippen LogP contribution in [0, 0.1) is 0 Å². The van der Waals surface area contributed by atoms with E-state index in [4.69, 9.17) is 4.74 Å². The second-order valence-corrected chi connectivity index (χ2v) is 13.6. The van der Waals surface area contributed by atoms with E-state index in [1.165, 1.54) is 155 Å². The zero-order chi connectivity index (χ0) is 33.1. The van der Waals surface area contributed by atoms with Crippen LogP contribution in [-0.4, -0.2) is 40.9 Å². The molecule has 0 aromatic rings. The Balaban J connectivity index is 3.96. The third kappa shape index (κ3) is 26.8. The lowest BCUT2D eigenvalue weighted by Gasteiger charge is -2.35. The standard InChI is InChI=1S/C41H78O4/c1-4-6-8-10-12-14-16-18-20-22-24-26-28-30-32-34-36-41(39(3)43,40(44)38-42)45-37-35-33-31-29-27-25-23-21-19-17-15-13-11-9-7-5-2/h18-21,40,42,44H,4-17,22-38H2,1-3H3. The van der Waals surface area contributed by atoms with Gasteiger partial charge in [-0.25, -0.2) is 0 Å². The first-order valence-electron chi connectivity index (χ1n) is 19.8. The quantitative estimate of drug-likeness (QED) is 0.0531. The SMILES string of the molecule is CCCCCCCCC=CCCCCCCCCOC(CCCCCCCCC=CCCCCCCCC)(C(C)=O)C(O)CO. The topological polar surface area (TPSA) is 66.8 Å². The van der Waals surface area contributed by atoms with Gasteiger partial charge in [0.15, 0.2) is 11.4 Å².